The number of anilines is 1. The zero-order chi connectivity index (χ0) is 18.6. The molecule has 7 heteroatoms. The van der Waals surface area contributed by atoms with Crippen LogP contribution < -0.4 is 5.43 Å². The van der Waals surface area contributed by atoms with Gasteiger partial charge in [0.05, 0.1) is 5.69 Å². The second kappa shape index (κ2) is 7.09. The average molecular weight is 338 g/mol. The van der Waals surface area contributed by atoms with Gasteiger partial charge in [0.2, 0.25) is 11.5 Å². The van der Waals surface area contributed by atoms with Gasteiger partial charge < -0.3 is 4.52 Å². The van der Waals surface area contributed by atoms with Crippen molar-refractivity contribution in [3.8, 4) is 6.07 Å². The molecular formula is C18H18N4O3. The fourth-order valence-electron chi connectivity index (χ4n) is 1.91. The van der Waals surface area contributed by atoms with E-state index in [4.69, 9.17) is 4.52 Å². The topological polar surface area (TPSA) is 108 Å². The number of carbonyl (C=O) groups excluding carboxylic acids is 2. The Balaban J connectivity index is 2.21. The number of hydrogen-bond acceptors (Lipinski definition) is 7. The molecule has 0 radical (unpaired) electrons. The highest BCUT2D eigenvalue weighted by molar-refractivity contribution is 6.51. The van der Waals surface area contributed by atoms with Crippen LogP contribution in [-0.4, -0.2) is 22.4 Å². The van der Waals surface area contributed by atoms with Gasteiger partial charge >= 0.3 is 0 Å². The number of nitrogens with one attached hydrogen (secondary N) is 1. The van der Waals surface area contributed by atoms with E-state index in [9.17, 15) is 14.9 Å². The van der Waals surface area contributed by atoms with Crippen LogP contribution in [0, 0.1) is 11.3 Å². The maximum Gasteiger partial charge on any atom is 0.245 e. The van der Waals surface area contributed by atoms with Gasteiger partial charge in [0, 0.05) is 17.0 Å². The lowest BCUT2D eigenvalue weighted by atomic mass is 9.93. The van der Waals surface area contributed by atoms with Gasteiger partial charge in [-0.3, -0.25) is 15.0 Å². The Kier molecular flexibility index (Phi) is 5.13. The third kappa shape index (κ3) is 4.38. The number of nitriles is 1. The predicted octanol–water partition coefficient (Wildman–Crippen LogP) is 3.35. The Labute approximate surface area is 145 Å². The first-order chi connectivity index (χ1) is 11.7. The van der Waals surface area contributed by atoms with Gasteiger partial charge in [-0.1, -0.05) is 38.1 Å². The predicted molar refractivity (Wildman–Crippen MR) is 92.7 cm³/mol. The summed E-state index contributed by atoms with van der Waals surface area (Å²) < 4.78 is 5.16. The second-order valence-corrected chi connectivity index (χ2v) is 6.48. The highest BCUT2D eigenvalue weighted by Crippen LogP contribution is 2.23. The molecule has 128 valence electrons. The molecular weight excluding hydrogens is 320 g/mol. The molecule has 0 unspecified atom stereocenters. The molecule has 0 saturated carbocycles. The first-order valence-corrected chi connectivity index (χ1v) is 7.59. The lowest BCUT2D eigenvalue weighted by Crippen LogP contribution is -2.15. The fourth-order valence-corrected chi connectivity index (χ4v) is 1.91. The normalized spacial score (nSPS) is 11.7. The molecule has 1 aromatic carbocycles. The molecule has 0 atom stereocenters. The number of benzene rings is 1. The Hall–Kier alpha value is -3.27. The maximum absolute atomic E-state index is 12.3. The first kappa shape index (κ1) is 18.1. The van der Waals surface area contributed by atoms with Crippen molar-refractivity contribution in [2.75, 3.05) is 5.43 Å². The minimum atomic E-state index is -0.642. The Morgan fingerprint density at radius 1 is 1.28 bits per heavy atom. The van der Waals surface area contributed by atoms with Crippen LogP contribution in [-0.2, 0) is 5.41 Å². The Bertz CT molecular complexity index is 882. The number of carbonyl (C=O) groups is 2. The molecule has 25 heavy (non-hydrogen) atoms. The SMILES string of the molecule is CC(=O)c1cccc(N/N=C(\C#N)C(=O)c2cc(C(C)(C)C)on2)c1. The molecule has 1 heterocycles. The van der Waals surface area contributed by atoms with Gasteiger partial charge in [-0.2, -0.15) is 10.4 Å². The van der Waals surface area contributed by atoms with Crippen LogP contribution >= 0.6 is 0 Å². The molecule has 0 amide bonds. The van der Waals surface area contributed by atoms with E-state index >= 15 is 0 Å². The molecule has 0 spiro atoms. The number of rotatable bonds is 5. The minimum absolute atomic E-state index is 0.0181. The Morgan fingerprint density at radius 3 is 2.56 bits per heavy atom. The van der Waals surface area contributed by atoms with E-state index < -0.39 is 5.78 Å². The quantitative estimate of drug-likeness (QED) is 0.509. The molecule has 0 aliphatic rings. The van der Waals surface area contributed by atoms with Crippen LogP contribution in [0.15, 0.2) is 40.0 Å². The number of nitrogens with zero attached hydrogens (tertiary/aromatic N) is 3. The zero-order valence-corrected chi connectivity index (χ0v) is 14.5. The van der Waals surface area contributed by atoms with Crippen LogP contribution in [0.5, 0.6) is 0 Å². The third-order valence-electron chi connectivity index (χ3n) is 3.37. The van der Waals surface area contributed by atoms with E-state index in [2.05, 4.69) is 15.7 Å². The van der Waals surface area contributed by atoms with Crippen LogP contribution in [0.2, 0.25) is 0 Å². The van der Waals surface area contributed by atoms with Crippen LogP contribution in [0.3, 0.4) is 0 Å². The smallest absolute Gasteiger partial charge is 0.245 e. The summed E-state index contributed by atoms with van der Waals surface area (Å²) in [5.41, 5.74) is 2.95. The van der Waals surface area contributed by atoms with E-state index in [1.54, 1.807) is 30.3 Å². The van der Waals surface area contributed by atoms with Crippen molar-refractivity contribution in [1.29, 1.82) is 5.26 Å². The number of aromatic nitrogens is 1. The highest BCUT2D eigenvalue weighted by Gasteiger charge is 2.24. The van der Waals surface area contributed by atoms with Crippen molar-refractivity contribution in [3.63, 3.8) is 0 Å². The second-order valence-electron chi connectivity index (χ2n) is 6.48. The average Bonchev–Trinajstić information content (AvgIpc) is 3.05. The van der Waals surface area contributed by atoms with Gasteiger partial charge in [0.15, 0.2) is 11.5 Å². The highest BCUT2D eigenvalue weighted by atomic mass is 16.5. The van der Waals surface area contributed by atoms with Crippen molar-refractivity contribution < 1.29 is 14.1 Å². The summed E-state index contributed by atoms with van der Waals surface area (Å²) in [7, 11) is 0. The molecule has 7 nitrogen and oxygen atoms in total. The van der Waals surface area contributed by atoms with Gasteiger partial charge in [0.1, 0.15) is 11.8 Å². The summed E-state index contributed by atoms with van der Waals surface area (Å²) in [6.07, 6.45) is 0. The molecule has 1 N–H and O–H groups in total. The van der Waals surface area contributed by atoms with Crippen molar-refractivity contribution in [3.05, 3.63) is 47.3 Å². The number of Topliss-reactive ketones (excluding diaryl/α,β-unsaturated/α-hetero) is 2. The number of hydrazone groups is 1. The van der Waals surface area contributed by atoms with E-state index in [-0.39, 0.29) is 22.6 Å². The van der Waals surface area contributed by atoms with E-state index in [1.165, 1.54) is 13.0 Å². The van der Waals surface area contributed by atoms with Gasteiger partial charge in [-0.25, -0.2) is 0 Å². The largest absolute Gasteiger partial charge is 0.360 e. The fraction of sp³-hybridized carbons (Fsp3) is 0.278. The molecule has 0 aliphatic heterocycles. The van der Waals surface area contributed by atoms with E-state index in [1.807, 2.05) is 20.8 Å². The monoisotopic (exact) mass is 338 g/mol. The van der Waals surface area contributed by atoms with Crippen molar-refractivity contribution in [2.45, 2.75) is 33.1 Å². The van der Waals surface area contributed by atoms with Gasteiger partial charge in [0.25, 0.3) is 0 Å². The van der Waals surface area contributed by atoms with Crippen molar-refractivity contribution in [1.82, 2.24) is 5.16 Å². The summed E-state index contributed by atoms with van der Waals surface area (Å²) in [6.45, 7) is 7.21. The van der Waals surface area contributed by atoms with Crippen LogP contribution in [0.25, 0.3) is 0 Å². The van der Waals surface area contributed by atoms with Crippen molar-refractivity contribution in [2.24, 2.45) is 5.10 Å². The number of hydrogen-bond donors (Lipinski definition) is 1. The third-order valence-corrected chi connectivity index (χ3v) is 3.37. The summed E-state index contributed by atoms with van der Waals surface area (Å²) in [5.74, 6) is -0.200. The lowest BCUT2D eigenvalue weighted by Gasteiger charge is -2.11. The van der Waals surface area contributed by atoms with E-state index in [0.29, 0.717) is 17.0 Å². The molecule has 0 aliphatic carbocycles. The Morgan fingerprint density at radius 2 is 2.00 bits per heavy atom. The maximum atomic E-state index is 12.3. The molecule has 0 bridgehead atoms. The summed E-state index contributed by atoms with van der Waals surface area (Å²) >= 11 is 0. The van der Waals surface area contributed by atoms with Crippen molar-refractivity contribution >= 4 is 23.0 Å². The minimum Gasteiger partial charge on any atom is -0.360 e. The summed E-state index contributed by atoms with van der Waals surface area (Å²) in [4.78, 5) is 23.7. The number of ketones is 2. The van der Waals surface area contributed by atoms with Gasteiger partial charge in [-0.05, 0) is 19.1 Å². The van der Waals surface area contributed by atoms with Crippen LogP contribution in [0.4, 0.5) is 5.69 Å². The molecule has 0 saturated heterocycles. The zero-order valence-electron chi connectivity index (χ0n) is 14.5. The molecule has 2 rings (SSSR count). The first-order valence-electron chi connectivity index (χ1n) is 7.59. The summed E-state index contributed by atoms with van der Waals surface area (Å²) in [5, 5.41) is 16.7. The standard InChI is InChI=1S/C18H18N4O3/c1-11(23)12-6-5-7-13(8-12)20-21-15(10-19)17(24)14-9-16(25-22-14)18(2,3)4/h5-9,20H,1-4H3/b21-15+. The molecule has 1 aromatic heterocycles. The summed E-state index contributed by atoms with van der Waals surface area (Å²) in [6, 6.07) is 9.84. The molecule has 2 aromatic rings. The molecule has 0 fully saturated rings. The lowest BCUT2D eigenvalue weighted by molar-refractivity contribution is 0.101. The van der Waals surface area contributed by atoms with E-state index in [0.717, 1.165) is 0 Å². The van der Waals surface area contributed by atoms with Gasteiger partial charge in [-0.15, -0.1) is 0 Å². The van der Waals surface area contributed by atoms with Crippen LogP contribution in [0.1, 0.15) is 54.3 Å².